The lowest BCUT2D eigenvalue weighted by atomic mass is 9.98. The Morgan fingerprint density at radius 1 is 1.16 bits per heavy atom. The number of aromatic nitrogens is 1. The highest BCUT2D eigenvalue weighted by Gasteiger charge is 2.30. The van der Waals surface area contributed by atoms with Crippen LogP contribution in [-0.2, 0) is 12.6 Å². The van der Waals surface area contributed by atoms with Crippen LogP contribution >= 0.6 is 0 Å². The maximum absolute atomic E-state index is 12.7. The lowest BCUT2D eigenvalue weighted by Gasteiger charge is -2.10. The molecule has 0 bridgehead atoms. The Labute approximate surface area is 140 Å². The van der Waals surface area contributed by atoms with Gasteiger partial charge in [0.2, 0.25) is 0 Å². The summed E-state index contributed by atoms with van der Waals surface area (Å²) in [5, 5.41) is 9.58. The van der Waals surface area contributed by atoms with Crippen LogP contribution in [0.5, 0.6) is 0 Å². The molecule has 0 aliphatic rings. The van der Waals surface area contributed by atoms with Crippen LogP contribution in [0.25, 0.3) is 22.0 Å². The van der Waals surface area contributed by atoms with Crippen molar-refractivity contribution >= 4 is 16.8 Å². The zero-order valence-electron chi connectivity index (χ0n) is 12.8. The van der Waals surface area contributed by atoms with E-state index in [1.54, 1.807) is 18.2 Å². The Kier molecular flexibility index (Phi) is 3.97. The second kappa shape index (κ2) is 5.98. The molecule has 0 aliphatic carbocycles. The number of alkyl halides is 3. The number of halogens is 3. The van der Waals surface area contributed by atoms with E-state index in [9.17, 15) is 18.0 Å². The maximum Gasteiger partial charge on any atom is 0.416 e. The number of H-pyrrole nitrogens is 1. The summed E-state index contributed by atoms with van der Waals surface area (Å²) in [6.07, 6.45) is -4.28. The molecule has 1 amide bonds. The minimum atomic E-state index is -4.41. The van der Waals surface area contributed by atoms with Gasteiger partial charge in [-0.15, -0.1) is 0 Å². The minimum absolute atomic E-state index is 0.140. The van der Waals surface area contributed by atoms with E-state index in [1.807, 2.05) is 6.07 Å². The van der Waals surface area contributed by atoms with Crippen molar-refractivity contribution < 1.29 is 18.0 Å². The van der Waals surface area contributed by atoms with Gasteiger partial charge >= 0.3 is 6.18 Å². The molecule has 126 valence electrons. The highest BCUT2D eigenvalue weighted by atomic mass is 19.4. The number of rotatable bonds is 3. The van der Waals surface area contributed by atoms with E-state index in [2.05, 4.69) is 4.98 Å². The molecule has 3 aromatic rings. The van der Waals surface area contributed by atoms with Crippen molar-refractivity contribution in [1.29, 1.82) is 5.26 Å². The van der Waals surface area contributed by atoms with E-state index < -0.39 is 17.6 Å². The van der Waals surface area contributed by atoms with Gasteiger partial charge in [-0.25, -0.2) is 0 Å². The third kappa shape index (κ3) is 3.19. The molecule has 3 N–H and O–H groups in total. The smallest absolute Gasteiger partial charge is 0.364 e. The summed E-state index contributed by atoms with van der Waals surface area (Å²) in [5.41, 5.74) is 7.14. The quantitative estimate of drug-likeness (QED) is 0.753. The Morgan fingerprint density at radius 2 is 1.84 bits per heavy atom. The van der Waals surface area contributed by atoms with Crippen molar-refractivity contribution in [2.45, 2.75) is 12.6 Å². The molecule has 0 fully saturated rings. The van der Waals surface area contributed by atoms with Gasteiger partial charge in [0, 0.05) is 10.9 Å². The average molecular weight is 343 g/mol. The van der Waals surface area contributed by atoms with Crippen molar-refractivity contribution in [3.63, 3.8) is 0 Å². The highest BCUT2D eigenvalue weighted by molar-refractivity contribution is 6.02. The third-order valence-electron chi connectivity index (χ3n) is 3.86. The summed E-state index contributed by atoms with van der Waals surface area (Å²) in [7, 11) is 0. The van der Waals surface area contributed by atoms with Gasteiger partial charge in [-0.1, -0.05) is 12.1 Å². The van der Waals surface area contributed by atoms with Gasteiger partial charge < -0.3 is 10.7 Å². The van der Waals surface area contributed by atoms with E-state index >= 15 is 0 Å². The van der Waals surface area contributed by atoms with Gasteiger partial charge in [-0.05, 0) is 41.5 Å². The van der Waals surface area contributed by atoms with Gasteiger partial charge in [-0.2, -0.15) is 18.4 Å². The Balaban J connectivity index is 2.19. The number of carbonyl (C=O) groups excluding carboxylic acids is 1. The van der Waals surface area contributed by atoms with Gasteiger partial charge in [0.1, 0.15) is 5.69 Å². The van der Waals surface area contributed by atoms with Crippen LogP contribution in [0.15, 0.2) is 42.5 Å². The molecular weight excluding hydrogens is 331 g/mol. The lowest BCUT2D eigenvalue weighted by molar-refractivity contribution is -0.137. The van der Waals surface area contributed by atoms with Crippen LogP contribution in [0.3, 0.4) is 0 Å². The molecule has 1 heterocycles. The molecule has 0 saturated heterocycles. The van der Waals surface area contributed by atoms with Crippen molar-refractivity contribution in [2.75, 3.05) is 0 Å². The van der Waals surface area contributed by atoms with Crippen LogP contribution < -0.4 is 5.73 Å². The number of carbonyl (C=O) groups is 1. The summed E-state index contributed by atoms with van der Waals surface area (Å²) >= 11 is 0. The standard InChI is InChI=1S/C18H12F3N3O/c19-18(20,21)13-3-1-11(2-4-13)14-8-10(5-6-22)7-12-9-15(17(23)25)24-16(12)14/h1-4,7-9,24H,5H2,(H2,23,25). The van der Waals surface area contributed by atoms with Crippen LogP contribution in [0, 0.1) is 11.3 Å². The number of nitriles is 1. The lowest BCUT2D eigenvalue weighted by Crippen LogP contribution is -2.10. The monoisotopic (exact) mass is 343 g/mol. The van der Waals surface area contributed by atoms with Crippen molar-refractivity contribution in [1.82, 2.24) is 4.98 Å². The fourth-order valence-corrected chi connectivity index (χ4v) is 2.70. The molecule has 0 atom stereocenters. The maximum atomic E-state index is 12.7. The number of hydrogen-bond acceptors (Lipinski definition) is 2. The second-order valence-corrected chi connectivity index (χ2v) is 5.56. The fraction of sp³-hybridized carbons (Fsp3) is 0.111. The van der Waals surface area contributed by atoms with E-state index in [-0.39, 0.29) is 12.1 Å². The summed E-state index contributed by atoms with van der Waals surface area (Å²) in [6.45, 7) is 0. The number of nitrogens with one attached hydrogen (secondary N) is 1. The van der Waals surface area contributed by atoms with Crippen LogP contribution in [-0.4, -0.2) is 10.9 Å². The highest BCUT2D eigenvalue weighted by Crippen LogP contribution is 2.34. The molecule has 1 aromatic heterocycles. The predicted octanol–water partition coefficient (Wildman–Crippen LogP) is 4.02. The molecule has 7 heteroatoms. The molecular formula is C18H12F3N3O. The van der Waals surface area contributed by atoms with E-state index in [1.165, 1.54) is 12.1 Å². The summed E-state index contributed by atoms with van der Waals surface area (Å²) < 4.78 is 38.2. The fourth-order valence-electron chi connectivity index (χ4n) is 2.70. The zero-order chi connectivity index (χ0) is 18.2. The van der Waals surface area contributed by atoms with Crippen molar-refractivity contribution in [2.24, 2.45) is 5.73 Å². The zero-order valence-corrected chi connectivity index (χ0v) is 12.8. The molecule has 0 spiro atoms. The van der Waals surface area contributed by atoms with Crippen molar-refractivity contribution in [3.05, 3.63) is 59.3 Å². The van der Waals surface area contributed by atoms with Crippen LogP contribution in [0.4, 0.5) is 13.2 Å². The number of hydrogen-bond donors (Lipinski definition) is 2. The minimum Gasteiger partial charge on any atom is -0.364 e. The van der Waals surface area contributed by atoms with Gasteiger partial charge in [0.25, 0.3) is 5.91 Å². The Morgan fingerprint density at radius 3 is 2.40 bits per heavy atom. The third-order valence-corrected chi connectivity index (χ3v) is 3.86. The molecule has 4 nitrogen and oxygen atoms in total. The summed E-state index contributed by atoms with van der Waals surface area (Å²) in [6, 6.07) is 11.8. The van der Waals surface area contributed by atoms with E-state index in [0.717, 1.165) is 12.1 Å². The predicted molar refractivity (Wildman–Crippen MR) is 86.6 cm³/mol. The number of nitrogens with two attached hydrogens (primary N) is 1. The number of fused-ring (bicyclic) bond motifs is 1. The summed E-state index contributed by atoms with van der Waals surface area (Å²) in [5.74, 6) is -0.642. The number of amides is 1. The topological polar surface area (TPSA) is 82.7 Å². The normalized spacial score (nSPS) is 11.4. The Bertz CT molecular complexity index is 995. The van der Waals surface area contributed by atoms with E-state index in [4.69, 9.17) is 11.0 Å². The SMILES string of the molecule is N#CCc1cc(-c2ccc(C(F)(F)F)cc2)c2[nH]c(C(N)=O)cc2c1. The summed E-state index contributed by atoms with van der Waals surface area (Å²) in [4.78, 5) is 14.3. The van der Waals surface area contributed by atoms with Crippen LogP contribution in [0.1, 0.15) is 21.6 Å². The first kappa shape index (κ1) is 16.6. The number of benzene rings is 2. The number of nitrogens with zero attached hydrogens (tertiary/aromatic N) is 1. The van der Waals surface area contributed by atoms with Gasteiger partial charge in [0.15, 0.2) is 0 Å². The molecule has 2 aromatic carbocycles. The Hall–Kier alpha value is -3.27. The van der Waals surface area contributed by atoms with Crippen molar-refractivity contribution in [3.8, 4) is 17.2 Å². The molecule has 0 saturated carbocycles. The molecule has 0 radical (unpaired) electrons. The van der Waals surface area contributed by atoms with Gasteiger partial charge in [0.05, 0.1) is 23.6 Å². The van der Waals surface area contributed by atoms with Crippen LogP contribution in [0.2, 0.25) is 0 Å². The first-order valence-electron chi connectivity index (χ1n) is 7.29. The molecule has 0 aliphatic heterocycles. The first-order valence-corrected chi connectivity index (χ1v) is 7.29. The first-order chi connectivity index (χ1) is 11.8. The average Bonchev–Trinajstić information content (AvgIpc) is 2.98. The number of primary amides is 1. The van der Waals surface area contributed by atoms with E-state index in [0.29, 0.717) is 27.6 Å². The second-order valence-electron chi connectivity index (χ2n) is 5.56. The molecule has 25 heavy (non-hydrogen) atoms. The largest absolute Gasteiger partial charge is 0.416 e. The molecule has 3 rings (SSSR count). The van der Waals surface area contributed by atoms with Gasteiger partial charge in [-0.3, -0.25) is 4.79 Å². The number of aromatic amines is 1. The molecule has 0 unspecified atom stereocenters.